The predicted molar refractivity (Wildman–Crippen MR) is 109 cm³/mol. The Morgan fingerprint density at radius 2 is 1.83 bits per heavy atom. The minimum absolute atomic E-state index is 0.0168. The molecule has 0 amide bonds. The zero-order valence-corrected chi connectivity index (χ0v) is 17.4. The molecule has 3 aromatic rings. The van der Waals surface area contributed by atoms with E-state index in [0.29, 0.717) is 12.3 Å². The molecular weight excluding hydrogens is 420 g/mol. The third-order valence-corrected chi connectivity index (χ3v) is 4.52. The molecule has 0 unspecified atom stereocenters. The van der Waals surface area contributed by atoms with Crippen LogP contribution in [0.2, 0.25) is 5.15 Å². The summed E-state index contributed by atoms with van der Waals surface area (Å²) in [5, 5.41) is -0.133. The summed E-state index contributed by atoms with van der Waals surface area (Å²) < 4.78 is 34.9. The van der Waals surface area contributed by atoms with Crippen LogP contribution in [0.25, 0.3) is 22.6 Å². The van der Waals surface area contributed by atoms with Gasteiger partial charge in [0.2, 0.25) is 0 Å². The van der Waals surface area contributed by atoms with Gasteiger partial charge in [0.15, 0.2) is 5.82 Å². The van der Waals surface area contributed by atoms with Gasteiger partial charge in [-0.2, -0.15) is 0 Å². The van der Waals surface area contributed by atoms with Crippen LogP contribution in [-0.2, 0) is 0 Å². The highest BCUT2D eigenvalue weighted by Crippen LogP contribution is 2.37. The molecular formula is C19H18ClF2N5OS. The molecule has 3 rings (SSSR count). The van der Waals surface area contributed by atoms with Gasteiger partial charge in [-0.3, -0.25) is 4.98 Å². The van der Waals surface area contributed by atoms with Gasteiger partial charge in [0.05, 0.1) is 23.9 Å². The molecule has 6 nitrogen and oxygen atoms in total. The van der Waals surface area contributed by atoms with Crippen LogP contribution in [0, 0.1) is 11.6 Å². The standard InChI is InChI=1S/C19H18ClF2N5OS/c1-27(2)6-3-7-28-11-8-12(21)15(13(22)9-11)16-17(20)25-18(26-19(16)29)14-10-23-4-5-24-14/h4-5,8-10H,3,6-7H2,1-2H3,(H,25,26,29). The van der Waals surface area contributed by atoms with E-state index < -0.39 is 11.6 Å². The molecule has 0 N–H and O–H groups in total. The molecule has 0 atom stereocenters. The van der Waals surface area contributed by atoms with E-state index in [1.807, 2.05) is 19.0 Å². The van der Waals surface area contributed by atoms with Crippen molar-refractivity contribution in [3.63, 3.8) is 0 Å². The van der Waals surface area contributed by atoms with Gasteiger partial charge in [0.1, 0.15) is 33.3 Å². The first-order valence-corrected chi connectivity index (χ1v) is 9.49. The number of halogens is 3. The van der Waals surface area contributed by atoms with Crippen molar-refractivity contribution in [2.45, 2.75) is 11.4 Å². The summed E-state index contributed by atoms with van der Waals surface area (Å²) in [6.07, 6.45) is 5.13. The summed E-state index contributed by atoms with van der Waals surface area (Å²) >= 11 is 10.5. The number of rotatable bonds is 7. The molecule has 0 bridgehead atoms. The van der Waals surface area contributed by atoms with Crippen molar-refractivity contribution in [2.75, 3.05) is 27.2 Å². The molecule has 0 aliphatic rings. The lowest BCUT2D eigenvalue weighted by Crippen LogP contribution is -2.15. The molecule has 0 saturated carbocycles. The Bertz CT molecular complexity index is 961. The second-order valence-corrected chi connectivity index (χ2v) is 7.18. The molecule has 0 saturated heterocycles. The largest absolute Gasteiger partial charge is 0.493 e. The van der Waals surface area contributed by atoms with Gasteiger partial charge < -0.3 is 9.64 Å². The first-order valence-electron chi connectivity index (χ1n) is 8.66. The fraction of sp³-hybridized carbons (Fsp3) is 0.263. The van der Waals surface area contributed by atoms with Crippen molar-refractivity contribution in [1.29, 1.82) is 0 Å². The maximum Gasteiger partial charge on any atom is 0.182 e. The van der Waals surface area contributed by atoms with E-state index in [1.165, 1.54) is 18.6 Å². The van der Waals surface area contributed by atoms with Crippen molar-refractivity contribution in [1.82, 2.24) is 24.8 Å². The minimum atomic E-state index is -0.847. The first kappa shape index (κ1) is 21.4. The molecule has 1 aromatic carbocycles. The molecule has 0 aliphatic carbocycles. The van der Waals surface area contributed by atoms with Crippen LogP contribution >= 0.6 is 24.2 Å². The van der Waals surface area contributed by atoms with Gasteiger partial charge in [-0.05, 0) is 20.5 Å². The van der Waals surface area contributed by atoms with E-state index in [1.54, 1.807) is 0 Å². The number of hydrogen-bond acceptors (Lipinski definition) is 7. The van der Waals surface area contributed by atoms with Crippen molar-refractivity contribution in [3.05, 3.63) is 47.5 Å². The summed E-state index contributed by atoms with van der Waals surface area (Å²) in [5.74, 6) is -1.45. The van der Waals surface area contributed by atoms with Crippen LogP contribution in [0.5, 0.6) is 5.75 Å². The smallest absolute Gasteiger partial charge is 0.182 e. The monoisotopic (exact) mass is 437 g/mol. The van der Waals surface area contributed by atoms with Gasteiger partial charge in [-0.1, -0.05) is 11.6 Å². The Morgan fingerprint density at radius 3 is 2.41 bits per heavy atom. The van der Waals surface area contributed by atoms with Crippen LogP contribution in [-0.4, -0.2) is 52.1 Å². The van der Waals surface area contributed by atoms with Crippen LogP contribution in [0.3, 0.4) is 0 Å². The van der Waals surface area contributed by atoms with Crippen molar-refractivity contribution in [2.24, 2.45) is 0 Å². The summed E-state index contributed by atoms with van der Waals surface area (Å²) in [5.41, 5.74) is -0.0539. The third-order valence-electron chi connectivity index (χ3n) is 3.92. The topological polar surface area (TPSA) is 64.0 Å². The van der Waals surface area contributed by atoms with Crippen LogP contribution in [0.1, 0.15) is 6.42 Å². The average molecular weight is 438 g/mol. The maximum atomic E-state index is 14.7. The van der Waals surface area contributed by atoms with E-state index in [0.717, 1.165) is 25.1 Å². The second-order valence-electron chi connectivity index (χ2n) is 6.39. The number of benzene rings is 1. The molecule has 0 spiro atoms. The molecule has 0 aliphatic heterocycles. The zero-order valence-electron chi connectivity index (χ0n) is 15.7. The van der Waals surface area contributed by atoms with Gasteiger partial charge in [-0.15, -0.1) is 12.6 Å². The number of nitrogens with zero attached hydrogens (tertiary/aromatic N) is 5. The molecule has 0 fully saturated rings. The number of aromatic nitrogens is 4. The average Bonchev–Trinajstić information content (AvgIpc) is 2.67. The van der Waals surface area contributed by atoms with Crippen molar-refractivity contribution >= 4 is 24.2 Å². The van der Waals surface area contributed by atoms with Gasteiger partial charge >= 0.3 is 0 Å². The Labute approximate surface area is 177 Å². The number of ether oxygens (including phenoxy) is 1. The highest BCUT2D eigenvalue weighted by molar-refractivity contribution is 7.80. The van der Waals surface area contributed by atoms with E-state index >= 15 is 0 Å². The zero-order chi connectivity index (χ0) is 21.0. The fourth-order valence-corrected chi connectivity index (χ4v) is 3.25. The molecule has 10 heteroatoms. The van der Waals surface area contributed by atoms with E-state index in [-0.39, 0.29) is 32.9 Å². The van der Waals surface area contributed by atoms with E-state index in [2.05, 4.69) is 32.6 Å². The lowest BCUT2D eigenvalue weighted by Gasteiger charge is -2.13. The highest BCUT2D eigenvalue weighted by atomic mass is 35.5. The fourth-order valence-electron chi connectivity index (χ4n) is 2.61. The van der Waals surface area contributed by atoms with Crippen LogP contribution in [0.15, 0.2) is 35.7 Å². The van der Waals surface area contributed by atoms with Crippen molar-refractivity contribution in [3.8, 4) is 28.4 Å². The predicted octanol–water partition coefficient (Wildman–Crippen LogP) is 4.15. The second kappa shape index (κ2) is 9.43. The Kier molecular flexibility index (Phi) is 6.94. The van der Waals surface area contributed by atoms with Crippen LogP contribution in [0.4, 0.5) is 8.78 Å². The lowest BCUT2D eigenvalue weighted by molar-refractivity contribution is 0.279. The quantitative estimate of drug-likeness (QED) is 0.340. The number of thiol groups is 1. The SMILES string of the molecule is CN(C)CCCOc1cc(F)c(-c2c(S)nc(-c3cnccn3)nc2Cl)c(F)c1. The first-order chi connectivity index (χ1) is 13.9. The Balaban J connectivity index is 1.90. The third kappa shape index (κ3) is 5.17. The van der Waals surface area contributed by atoms with Crippen LogP contribution < -0.4 is 4.74 Å². The number of hydrogen-bond donors (Lipinski definition) is 1. The summed E-state index contributed by atoms with van der Waals surface area (Å²) in [4.78, 5) is 18.3. The Hall–Kier alpha value is -2.36. The molecule has 2 aromatic heterocycles. The van der Waals surface area contributed by atoms with Gasteiger partial charge in [0, 0.05) is 31.1 Å². The molecule has 2 heterocycles. The summed E-state index contributed by atoms with van der Waals surface area (Å²) in [6, 6.07) is 2.21. The summed E-state index contributed by atoms with van der Waals surface area (Å²) in [6.45, 7) is 1.14. The molecule has 0 radical (unpaired) electrons. The Morgan fingerprint density at radius 1 is 1.10 bits per heavy atom. The maximum absolute atomic E-state index is 14.7. The molecule has 29 heavy (non-hydrogen) atoms. The minimum Gasteiger partial charge on any atom is -0.493 e. The normalized spacial score (nSPS) is 11.1. The highest BCUT2D eigenvalue weighted by Gasteiger charge is 2.22. The summed E-state index contributed by atoms with van der Waals surface area (Å²) in [7, 11) is 3.87. The van der Waals surface area contributed by atoms with Gasteiger partial charge in [-0.25, -0.2) is 23.7 Å². The van der Waals surface area contributed by atoms with Gasteiger partial charge in [0.25, 0.3) is 0 Å². The van der Waals surface area contributed by atoms with E-state index in [4.69, 9.17) is 16.3 Å². The lowest BCUT2D eigenvalue weighted by atomic mass is 10.1. The van der Waals surface area contributed by atoms with E-state index in [9.17, 15) is 8.78 Å². The van der Waals surface area contributed by atoms with Crippen molar-refractivity contribution < 1.29 is 13.5 Å². The molecule has 152 valence electrons.